The maximum Gasteiger partial charge on any atom is 0.0705 e. The van der Waals surface area contributed by atoms with Crippen molar-refractivity contribution in [2.75, 3.05) is 0 Å². The number of nitrogens with zero attached hydrogens (tertiary/aromatic N) is 1. The van der Waals surface area contributed by atoms with E-state index in [2.05, 4.69) is 29.2 Å². The van der Waals surface area contributed by atoms with Crippen LogP contribution in [0.1, 0.15) is 18.2 Å². The fourth-order valence-corrected chi connectivity index (χ4v) is 1.78. The Morgan fingerprint density at radius 3 is 2.80 bits per heavy atom. The average Bonchev–Trinajstić information content (AvgIpc) is 2.17. The fourth-order valence-electron chi connectivity index (χ4n) is 1.78. The summed E-state index contributed by atoms with van der Waals surface area (Å²) in [4.78, 5) is 4.46. The van der Waals surface area contributed by atoms with Gasteiger partial charge in [0.05, 0.1) is 5.52 Å². The van der Waals surface area contributed by atoms with Crippen molar-refractivity contribution >= 4 is 10.9 Å². The van der Waals surface area contributed by atoms with Crippen LogP contribution in [-0.2, 0) is 6.42 Å². The molecule has 1 aromatic carbocycles. The molecule has 2 aromatic rings. The molecule has 0 aliphatic heterocycles. The smallest absolute Gasteiger partial charge is 0.0705 e. The van der Waals surface area contributed by atoms with Gasteiger partial charge in [0.2, 0.25) is 0 Å². The summed E-state index contributed by atoms with van der Waals surface area (Å²) in [6, 6.07) is 10.7. The van der Waals surface area contributed by atoms with Crippen molar-refractivity contribution in [1.82, 2.24) is 4.98 Å². The van der Waals surface area contributed by atoms with Crippen molar-refractivity contribution in [1.29, 1.82) is 0 Å². The fraction of sp³-hybridized carbons (Fsp3) is 0.308. The zero-order valence-corrected chi connectivity index (χ0v) is 9.20. The monoisotopic (exact) mass is 200 g/mol. The van der Waals surface area contributed by atoms with Crippen LogP contribution in [0.2, 0.25) is 0 Å². The highest BCUT2D eigenvalue weighted by atomic mass is 14.7. The van der Waals surface area contributed by atoms with Gasteiger partial charge in [0.25, 0.3) is 0 Å². The number of hydrogen-bond donors (Lipinski definition) is 1. The highest BCUT2D eigenvalue weighted by Crippen LogP contribution is 2.15. The van der Waals surface area contributed by atoms with Crippen molar-refractivity contribution < 1.29 is 0 Å². The summed E-state index contributed by atoms with van der Waals surface area (Å²) in [5, 5.41) is 1.19. The second-order valence-electron chi connectivity index (χ2n) is 4.16. The molecule has 1 heterocycles. The molecular formula is C13H16N2. The van der Waals surface area contributed by atoms with Crippen LogP contribution in [-0.4, -0.2) is 11.0 Å². The van der Waals surface area contributed by atoms with E-state index in [1.54, 1.807) is 0 Å². The highest BCUT2D eigenvalue weighted by molar-refractivity contribution is 5.79. The summed E-state index contributed by atoms with van der Waals surface area (Å²) in [5.41, 5.74) is 9.17. The Morgan fingerprint density at radius 1 is 1.27 bits per heavy atom. The number of aryl methyl sites for hydroxylation is 1. The minimum absolute atomic E-state index is 0.209. The predicted molar refractivity (Wildman–Crippen MR) is 63.8 cm³/mol. The lowest BCUT2D eigenvalue weighted by molar-refractivity contribution is 0.739. The minimum Gasteiger partial charge on any atom is -0.328 e. The van der Waals surface area contributed by atoms with Crippen molar-refractivity contribution in [3.05, 3.63) is 41.6 Å². The Balaban J connectivity index is 2.43. The third-order valence-corrected chi connectivity index (χ3v) is 2.45. The highest BCUT2D eigenvalue weighted by Gasteiger charge is 2.00. The maximum atomic E-state index is 5.78. The quantitative estimate of drug-likeness (QED) is 0.808. The molecule has 78 valence electrons. The Bertz CT molecular complexity index is 475. The SMILES string of the molecule is Cc1ccc2cc(C[C@H](C)N)ccc2n1. The van der Waals surface area contributed by atoms with Crippen LogP contribution in [0.4, 0.5) is 0 Å². The molecule has 0 saturated heterocycles. The molecule has 0 amide bonds. The van der Waals surface area contributed by atoms with E-state index in [4.69, 9.17) is 5.73 Å². The molecule has 2 nitrogen and oxygen atoms in total. The summed E-state index contributed by atoms with van der Waals surface area (Å²) in [6.07, 6.45) is 0.920. The predicted octanol–water partition coefficient (Wildman–Crippen LogP) is 2.43. The minimum atomic E-state index is 0.209. The van der Waals surface area contributed by atoms with Gasteiger partial charge in [-0.2, -0.15) is 0 Å². The molecule has 0 aliphatic rings. The Labute approximate surface area is 90.1 Å². The lowest BCUT2D eigenvalue weighted by Gasteiger charge is -2.06. The molecule has 0 bridgehead atoms. The van der Waals surface area contributed by atoms with Crippen LogP contribution in [0.3, 0.4) is 0 Å². The lowest BCUT2D eigenvalue weighted by atomic mass is 10.0. The molecule has 15 heavy (non-hydrogen) atoms. The number of hydrogen-bond acceptors (Lipinski definition) is 2. The molecule has 0 aliphatic carbocycles. The second-order valence-corrected chi connectivity index (χ2v) is 4.16. The molecule has 2 N–H and O–H groups in total. The van der Waals surface area contributed by atoms with Gasteiger partial charge in [0.1, 0.15) is 0 Å². The van der Waals surface area contributed by atoms with E-state index >= 15 is 0 Å². The Morgan fingerprint density at radius 2 is 2.07 bits per heavy atom. The number of nitrogens with two attached hydrogens (primary N) is 1. The normalized spacial score (nSPS) is 13.0. The van der Waals surface area contributed by atoms with Crippen molar-refractivity contribution in [3.63, 3.8) is 0 Å². The topological polar surface area (TPSA) is 38.9 Å². The van der Waals surface area contributed by atoms with E-state index in [0.29, 0.717) is 0 Å². The number of aromatic nitrogens is 1. The average molecular weight is 200 g/mol. The van der Waals surface area contributed by atoms with Gasteiger partial charge < -0.3 is 5.73 Å². The molecule has 0 fully saturated rings. The largest absolute Gasteiger partial charge is 0.328 e. The first-order valence-corrected chi connectivity index (χ1v) is 5.27. The molecule has 1 aromatic heterocycles. The van der Waals surface area contributed by atoms with E-state index in [9.17, 15) is 0 Å². The molecule has 0 unspecified atom stereocenters. The molecule has 0 spiro atoms. The number of pyridine rings is 1. The molecule has 0 saturated carbocycles. The van der Waals surface area contributed by atoms with Crippen molar-refractivity contribution in [2.45, 2.75) is 26.3 Å². The summed E-state index contributed by atoms with van der Waals surface area (Å²) in [7, 11) is 0. The molecule has 1 atom stereocenters. The molecule has 2 rings (SSSR count). The standard InChI is InChI=1S/C13H16N2/c1-9(14)7-11-4-6-13-12(8-11)5-3-10(2)15-13/h3-6,8-9H,7,14H2,1-2H3/t9-/m0/s1. The first-order valence-electron chi connectivity index (χ1n) is 5.27. The zero-order valence-electron chi connectivity index (χ0n) is 9.20. The van der Waals surface area contributed by atoms with Gasteiger partial charge in [-0.3, -0.25) is 4.98 Å². The van der Waals surface area contributed by atoms with Crippen LogP contribution in [0, 0.1) is 6.92 Å². The summed E-state index contributed by atoms with van der Waals surface area (Å²) < 4.78 is 0. The van der Waals surface area contributed by atoms with Crippen LogP contribution >= 0.6 is 0 Å². The third-order valence-electron chi connectivity index (χ3n) is 2.45. The van der Waals surface area contributed by atoms with Crippen molar-refractivity contribution in [3.8, 4) is 0 Å². The van der Waals surface area contributed by atoms with Gasteiger partial charge in [0.15, 0.2) is 0 Å². The van der Waals surface area contributed by atoms with Gasteiger partial charge in [0, 0.05) is 17.1 Å². The maximum absolute atomic E-state index is 5.78. The van der Waals surface area contributed by atoms with Crippen LogP contribution < -0.4 is 5.73 Å². The van der Waals surface area contributed by atoms with Crippen LogP contribution in [0.15, 0.2) is 30.3 Å². The zero-order chi connectivity index (χ0) is 10.8. The Hall–Kier alpha value is -1.41. The summed E-state index contributed by atoms with van der Waals surface area (Å²) >= 11 is 0. The second kappa shape index (κ2) is 3.99. The molecule has 2 heteroatoms. The van der Waals surface area contributed by atoms with Gasteiger partial charge in [-0.15, -0.1) is 0 Å². The van der Waals surface area contributed by atoms with Crippen LogP contribution in [0.25, 0.3) is 10.9 Å². The van der Waals surface area contributed by atoms with E-state index < -0.39 is 0 Å². The van der Waals surface area contributed by atoms with E-state index in [1.807, 2.05) is 19.9 Å². The van der Waals surface area contributed by atoms with E-state index in [-0.39, 0.29) is 6.04 Å². The summed E-state index contributed by atoms with van der Waals surface area (Å²) in [6.45, 7) is 4.03. The number of rotatable bonds is 2. The molecule has 0 radical (unpaired) electrons. The van der Waals surface area contributed by atoms with E-state index in [1.165, 1.54) is 10.9 Å². The molecular weight excluding hydrogens is 184 g/mol. The first-order chi connectivity index (χ1) is 7.15. The van der Waals surface area contributed by atoms with Gasteiger partial charge in [-0.05, 0) is 44.0 Å². The van der Waals surface area contributed by atoms with Gasteiger partial charge >= 0.3 is 0 Å². The van der Waals surface area contributed by atoms with Gasteiger partial charge in [-0.25, -0.2) is 0 Å². The first kappa shape index (κ1) is 10.1. The van der Waals surface area contributed by atoms with Crippen molar-refractivity contribution in [2.24, 2.45) is 5.73 Å². The lowest BCUT2D eigenvalue weighted by Crippen LogP contribution is -2.17. The third kappa shape index (κ3) is 2.34. The number of benzene rings is 1. The van der Waals surface area contributed by atoms with Gasteiger partial charge in [-0.1, -0.05) is 12.1 Å². The Kier molecular flexibility index (Phi) is 2.69. The number of fused-ring (bicyclic) bond motifs is 1. The summed E-state index contributed by atoms with van der Waals surface area (Å²) in [5.74, 6) is 0. The van der Waals surface area contributed by atoms with Crippen LogP contribution in [0.5, 0.6) is 0 Å². The van der Waals surface area contributed by atoms with E-state index in [0.717, 1.165) is 17.6 Å².